The molecule has 7 heteroatoms. The van der Waals surface area contributed by atoms with Gasteiger partial charge in [0.2, 0.25) is 5.91 Å². The van der Waals surface area contributed by atoms with E-state index in [1.54, 1.807) is 42.1 Å². The molecule has 1 unspecified atom stereocenters. The first kappa shape index (κ1) is 18.2. The topological polar surface area (TPSA) is 40.6 Å². The zero-order valence-corrected chi connectivity index (χ0v) is 16.3. The van der Waals surface area contributed by atoms with E-state index < -0.39 is 0 Å². The lowest BCUT2D eigenvalue weighted by Gasteiger charge is -2.25. The fourth-order valence-electron chi connectivity index (χ4n) is 2.96. The SMILES string of the molecule is CN(C)C(=O)C1CCCN1C(=O)c1ccc(-c2ccc(Cl)c(Cl)c2)s1. The molecular weight excluding hydrogens is 379 g/mol. The highest BCUT2D eigenvalue weighted by Gasteiger charge is 2.35. The molecule has 4 nitrogen and oxygen atoms in total. The first-order valence-corrected chi connectivity index (χ1v) is 9.53. The van der Waals surface area contributed by atoms with Crippen molar-refractivity contribution >= 4 is 46.4 Å². The first-order chi connectivity index (χ1) is 11.9. The zero-order chi connectivity index (χ0) is 18.1. The van der Waals surface area contributed by atoms with Gasteiger partial charge in [0.25, 0.3) is 5.91 Å². The highest BCUT2D eigenvalue weighted by molar-refractivity contribution is 7.17. The Labute approximate surface area is 160 Å². The molecule has 1 aliphatic heterocycles. The minimum Gasteiger partial charge on any atom is -0.347 e. The van der Waals surface area contributed by atoms with Crippen LogP contribution in [0.2, 0.25) is 10.0 Å². The number of hydrogen-bond donors (Lipinski definition) is 0. The monoisotopic (exact) mass is 396 g/mol. The molecule has 0 radical (unpaired) electrons. The van der Waals surface area contributed by atoms with E-state index >= 15 is 0 Å². The second-order valence-electron chi connectivity index (χ2n) is 6.18. The van der Waals surface area contributed by atoms with Crippen LogP contribution in [0.25, 0.3) is 10.4 Å². The second kappa shape index (κ2) is 7.36. The molecule has 1 saturated heterocycles. The summed E-state index contributed by atoms with van der Waals surface area (Å²) in [5, 5.41) is 0.983. The van der Waals surface area contributed by atoms with E-state index in [4.69, 9.17) is 23.2 Å². The van der Waals surface area contributed by atoms with Crippen LogP contribution in [0.3, 0.4) is 0 Å². The summed E-state index contributed by atoms with van der Waals surface area (Å²) in [5.74, 6) is -0.110. The molecule has 2 amide bonds. The molecule has 1 fully saturated rings. The minimum absolute atomic E-state index is 0.0212. The van der Waals surface area contributed by atoms with Crippen LogP contribution in [-0.4, -0.2) is 48.3 Å². The summed E-state index contributed by atoms with van der Waals surface area (Å²) in [6, 6.07) is 8.75. The highest BCUT2D eigenvalue weighted by atomic mass is 35.5. The van der Waals surface area contributed by atoms with Crippen LogP contribution >= 0.6 is 34.5 Å². The zero-order valence-electron chi connectivity index (χ0n) is 14.0. The molecular formula is C18H18Cl2N2O2S. The van der Waals surface area contributed by atoms with Gasteiger partial charge in [0.05, 0.1) is 14.9 Å². The number of thiophene rings is 1. The molecule has 0 saturated carbocycles. The summed E-state index contributed by atoms with van der Waals surface area (Å²) in [5.41, 5.74) is 0.917. The molecule has 0 bridgehead atoms. The van der Waals surface area contributed by atoms with Crippen LogP contribution in [-0.2, 0) is 4.79 Å². The van der Waals surface area contributed by atoms with Crippen molar-refractivity contribution in [3.63, 3.8) is 0 Å². The van der Waals surface area contributed by atoms with Gasteiger partial charge < -0.3 is 9.80 Å². The van der Waals surface area contributed by atoms with Gasteiger partial charge in [-0.2, -0.15) is 0 Å². The van der Waals surface area contributed by atoms with Gasteiger partial charge in [-0.05, 0) is 42.7 Å². The van der Waals surface area contributed by atoms with Gasteiger partial charge in [-0.25, -0.2) is 0 Å². The van der Waals surface area contributed by atoms with Crippen LogP contribution in [0.4, 0.5) is 0 Å². The number of hydrogen-bond acceptors (Lipinski definition) is 3. The molecule has 1 aromatic carbocycles. The van der Waals surface area contributed by atoms with Crippen LogP contribution in [0.1, 0.15) is 22.5 Å². The Morgan fingerprint density at radius 2 is 1.92 bits per heavy atom. The first-order valence-electron chi connectivity index (χ1n) is 7.96. The minimum atomic E-state index is -0.363. The molecule has 1 aromatic heterocycles. The fraction of sp³-hybridized carbons (Fsp3) is 0.333. The summed E-state index contributed by atoms with van der Waals surface area (Å²) in [6.07, 6.45) is 1.56. The van der Waals surface area contributed by atoms with Crippen LogP contribution in [0.15, 0.2) is 30.3 Å². The molecule has 1 aliphatic rings. The van der Waals surface area contributed by atoms with Gasteiger partial charge >= 0.3 is 0 Å². The number of amides is 2. The number of carbonyl (C=O) groups excluding carboxylic acids is 2. The third-order valence-corrected chi connectivity index (χ3v) is 6.12. The summed E-state index contributed by atoms with van der Waals surface area (Å²) in [6.45, 7) is 0.614. The van der Waals surface area contributed by atoms with E-state index in [-0.39, 0.29) is 17.9 Å². The maximum absolute atomic E-state index is 12.9. The van der Waals surface area contributed by atoms with Gasteiger partial charge in [0.1, 0.15) is 6.04 Å². The van der Waals surface area contributed by atoms with E-state index in [9.17, 15) is 9.59 Å². The predicted octanol–water partition coefficient (Wildman–Crippen LogP) is 4.41. The molecule has 0 N–H and O–H groups in total. The molecule has 2 heterocycles. The van der Waals surface area contributed by atoms with Gasteiger partial charge in [0.15, 0.2) is 0 Å². The maximum atomic E-state index is 12.9. The third-order valence-electron chi connectivity index (χ3n) is 4.26. The molecule has 3 rings (SSSR count). The Bertz CT molecular complexity index is 819. The van der Waals surface area contributed by atoms with Crippen LogP contribution in [0, 0.1) is 0 Å². The van der Waals surface area contributed by atoms with Crippen molar-refractivity contribution in [1.29, 1.82) is 0 Å². The number of likely N-dealkylation sites (N-methyl/N-ethyl adjacent to an activating group) is 1. The molecule has 25 heavy (non-hydrogen) atoms. The molecule has 132 valence electrons. The van der Waals surface area contributed by atoms with Crippen molar-refractivity contribution in [2.45, 2.75) is 18.9 Å². The molecule has 1 atom stereocenters. The smallest absolute Gasteiger partial charge is 0.264 e. The van der Waals surface area contributed by atoms with Gasteiger partial charge in [-0.1, -0.05) is 29.3 Å². The number of rotatable bonds is 3. The van der Waals surface area contributed by atoms with Crippen molar-refractivity contribution in [1.82, 2.24) is 9.80 Å². The fourth-order valence-corrected chi connectivity index (χ4v) is 4.22. The number of halogens is 2. The molecule has 0 spiro atoms. The van der Waals surface area contributed by atoms with E-state index in [0.717, 1.165) is 16.9 Å². The van der Waals surface area contributed by atoms with E-state index in [1.165, 1.54) is 11.3 Å². The molecule has 2 aromatic rings. The lowest BCUT2D eigenvalue weighted by Crippen LogP contribution is -2.45. The van der Waals surface area contributed by atoms with E-state index in [1.807, 2.05) is 12.1 Å². The van der Waals surface area contributed by atoms with Gasteiger partial charge in [-0.3, -0.25) is 9.59 Å². The van der Waals surface area contributed by atoms with Crippen LogP contribution in [0.5, 0.6) is 0 Å². The molecule has 0 aliphatic carbocycles. The Balaban J connectivity index is 1.83. The van der Waals surface area contributed by atoms with Gasteiger partial charge in [-0.15, -0.1) is 11.3 Å². The Kier molecular flexibility index (Phi) is 5.37. The quantitative estimate of drug-likeness (QED) is 0.770. The number of benzene rings is 1. The van der Waals surface area contributed by atoms with E-state index in [0.29, 0.717) is 27.9 Å². The summed E-state index contributed by atoms with van der Waals surface area (Å²) in [4.78, 5) is 30.0. The normalized spacial score (nSPS) is 17.0. The summed E-state index contributed by atoms with van der Waals surface area (Å²) < 4.78 is 0. The van der Waals surface area contributed by atoms with Crippen molar-refractivity contribution in [2.24, 2.45) is 0 Å². The Morgan fingerprint density at radius 3 is 2.60 bits per heavy atom. The Hall–Kier alpha value is -1.56. The summed E-state index contributed by atoms with van der Waals surface area (Å²) >= 11 is 13.4. The standard InChI is InChI=1S/C18H18Cl2N2O2S/c1-21(2)17(23)14-4-3-9-22(14)18(24)16-8-7-15(25-16)11-5-6-12(19)13(20)10-11/h5-8,10,14H,3-4,9H2,1-2H3. The lowest BCUT2D eigenvalue weighted by atomic mass is 10.2. The number of nitrogens with zero attached hydrogens (tertiary/aromatic N) is 2. The highest BCUT2D eigenvalue weighted by Crippen LogP contribution is 2.34. The second-order valence-corrected chi connectivity index (χ2v) is 8.08. The van der Waals surface area contributed by atoms with Crippen LogP contribution < -0.4 is 0 Å². The van der Waals surface area contributed by atoms with Crippen molar-refractivity contribution < 1.29 is 9.59 Å². The van der Waals surface area contributed by atoms with Crippen molar-refractivity contribution in [3.05, 3.63) is 45.3 Å². The third kappa shape index (κ3) is 3.68. The summed E-state index contributed by atoms with van der Waals surface area (Å²) in [7, 11) is 3.44. The van der Waals surface area contributed by atoms with E-state index in [2.05, 4.69) is 0 Å². The Morgan fingerprint density at radius 1 is 1.16 bits per heavy atom. The average Bonchev–Trinajstić information content (AvgIpc) is 3.25. The number of carbonyl (C=O) groups is 2. The predicted molar refractivity (Wildman–Crippen MR) is 103 cm³/mol. The van der Waals surface area contributed by atoms with Crippen molar-refractivity contribution in [2.75, 3.05) is 20.6 Å². The van der Waals surface area contributed by atoms with Gasteiger partial charge in [0, 0.05) is 25.5 Å². The number of likely N-dealkylation sites (tertiary alicyclic amines) is 1. The lowest BCUT2D eigenvalue weighted by molar-refractivity contribution is -0.132. The largest absolute Gasteiger partial charge is 0.347 e. The average molecular weight is 397 g/mol. The maximum Gasteiger partial charge on any atom is 0.264 e. The van der Waals surface area contributed by atoms with Crippen molar-refractivity contribution in [3.8, 4) is 10.4 Å².